The van der Waals surface area contributed by atoms with E-state index in [9.17, 15) is 0 Å². The lowest BCUT2D eigenvalue weighted by atomic mass is 10.4. The quantitative estimate of drug-likeness (QED) is 0.397. The van der Waals surface area contributed by atoms with Crippen molar-refractivity contribution in [2.45, 2.75) is 20.8 Å². The van der Waals surface area contributed by atoms with Gasteiger partial charge in [0, 0.05) is 5.71 Å². The van der Waals surface area contributed by atoms with E-state index in [-0.39, 0.29) is 0 Å². The predicted molar refractivity (Wildman–Crippen MR) is 42.1 cm³/mol. The normalized spacial score (nSPS) is 10.8. The van der Waals surface area contributed by atoms with Gasteiger partial charge in [-0.1, -0.05) is 6.58 Å². The van der Waals surface area contributed by atoms with Gasteiger partial charge in [0.1, 0.15) is 0 Å². The summed E-state index contributed by atoms with van der Waals surface area (Å²) >= 11 is 0. The molecule has 0 heterocycles. The van der Waals surface area contributed by atoms with Crippen LogP contribution < -0.4 is 0 Å². The summed E-state index contributed by atoms with van der Waals surface area (Å²) in [5.41, 5.74) is 1.80. The third kappa shape index (κ3) is 4.94. The summed E-state index contributed by atoms with van der Waals surface area (Å²) in [7, 11) is 0. The van der Waals surface area contributed by atoms with Crippen LogP contribution in [-0.4, -0.2) is 11.4 Å². The molecule has 0 fully saturated rings. The highest BCUT2D eigenvalue weighted by Gasteiger charge is 1.77. The molecule has 0 amide bonds. The summed E-state index contributed by atoms with van der Waals surface area (Å²) in [5.74, 6) is 0. The van der Waals surface area contributed by atoms with Crippen molar-refractivity contribution in [1.82, 2.24) is 0 Å². The maximum Gasteiger partial charge on any atom is 0.0593 e. The highest BCUT2D eigenvalue weighted by Crippen LogP contribution is 1.81. The van der Waals surface area contributed by atoms with Gasteiger partial charge in [0.05, 0.1) is 5.71 Å². The van der Waals surface area contributed by atoms with Crippen molar-refractivity contribution in [3.05, 3.63) is 12.7 Å². The van der Waals surface area contributed by atoms with Crippen molar-refractivity contribution < 1.29 is 0 Å². The van der Waals surface area contributed by atoms with Crippen molar-refractivity contribution in [2.75, 3.05) is 0 Å². The Balaban J connectivity index is 3.98. The van der Waals surface area contributed by atoms with Crippen LogP contribution in [0.2, 0.25) is 0 Å². The number of nitrogens with zero attached hydrogens (tertiary/aromatic N) is 2. The number of hydrogen-bond acceptors (Lipinski definition) is 2. The van der Waals surface area contributed by atoms with E-state index in [4.69, 9.17) is 0 Å². The molecule has 0 bridgehead atoms. The molecule has 0 aromatic rings. The maximum absolute atomic E-state index is 3.83. The Bertz CT molecular complexity index is 150. The Morgan fingerprint density at radius 3 is 2.11 bits per heavy atom. The predicted octanol–water partition coefficient (Wildman–Crippen LogP) is 2.03. The fourth-order valence-electron chi connectivity index (χ4n) is 0.220. The molecule has 0 rings (SSSR count). The van der Waals surface area contributed by atoms with Crippen molar-refractivity contribution in [1.29, 1.82) is 0 Å². The van der Waals surface area contributed by atoms with Gasteiger partial charge in [-0.25, -0.2) is 0 Å². The summed E-state index contributed by atoms with van der Waals surface area (Å²) in [6.45, 7) is 9.20. The highest BCUT2D eigenvalue weighted by molar-refractivity contribution is 5.92. The van der Waals surface area contributed by atoms with Crippen LogP contribution in [0, 0.1) is 0 Å². The molecule has 2 nitrogen and oxygen atoms in total. The van der Waals surface area contributed by atoms with Crippen molar-refractivity contribution in [3.8, 4) is 0 Å². The van der Waals surface area contributed by atoms with Gasteiger partial charge >= 0.3 is 0 Å². The highest BCUT2D eigenvalue weighted by atomic mass is 15.2. The zero-order chi connectivity index (χ0) is 7.28. The first-order valence-electron chi connectivity index (χ1n) is 2.84. The van der Waals surface area contributed by atoms with E-state index in [0.29, 0.717) is 0 Å². The Hall–Kier alpha value is -0.920. The minimum atomic E-state index is 0.844. The van der Waals surface area contributed by atoms with Gasteiger partial charge in [0.2, 0.25) is 0 Å². The van der Waals surface area contributed by atoms with Crippen LogP contribution in [0.25, 0.3) is 0 Å². The second-order valence-electron chi connectivity index (χ2n) is 1.99. The minimum absolute atomic E-state index is 0.844. The number of rotatable bonds is 2. The first-order valence-corrected chi connectivity index (χ1v) is 2.84. The molecular weight excluding hydrogens is 112 g/mol. The van der Waals surface area contributed by atoms with E-state index in [1.165, 1.54) is 0 Å². The molecule has 0 N–H and O–H groups in total. The molecule has 9 heavy (non-hydrogen) atoms. The van der Waals surface area contributed by atoms with Crippen LogP contribution in [0.3, 0.4) is 0 Å². The molecule has 0 aromatic carbocycles. The van der Waals surface area contributed by atoms with Crippen LogP contribution in [0.1, 0.15) is 20.8 Å². The second-order valence-corrected chi connectivity index (χ2v) is 1.99. The largest absolute Gasteiger partial charge is 0.160 e. The smallest absolute Gasteiger partial charge is 0.0593 e. The SMILES string of the molecule is C=CC(C)=NN=C(C)C. The summed E-state index contributed by atoms with van der Waals surface area (Å²) in [6, 6.07) is 0. The molecule has 0 saturated heterocycles. The van der Waals surface area contributed by atoms with Gasteiger partial charge in [0.25, 0.3) is 0 Å². The Kier molecular flexibility index (Phi) is 3.60. The molecular formula is C7H12N2. The minimum Gasteiger partial charge on any atom is -0.160 e. The number of allylic oxidation sites excluding steroid dienone is 1. The summed E-state index contributed by atoms with van der Waals surface area (Å²) in [4.78, 5) is 0. The molecule has 0 aliphatic carbocycles. The standard InChI is InChI=1S/C7H12N2/c1-5-7(4)9-8-6(2)3/h5H,1H2,2-4H3. The second kappa shape index (κ2) is 4.01. The van der Waals surface area contributed by atoms with Crippen molar-refractivity contribution >= 4 is 11.4 Å². The number of hydrogen-bond donors (Lipinski definition) is 0. The molecule has 0 aromatic heterocycles. The van der Waals surface area contributed by atoms with Crippen LogP contribution >= 0.6 is 0 Å². The van der Waals surface area contributed by atoms with E-state index < -0.39 is 0 Å². The van der Waals surface area contributed by atoms with E-state index in [2.05, 4.69) is 16.8 Å². The van der Waals surface area contributed by atoms with Gasteiger partial charge < -0.3 is 0 Å². The summed E-state index contributed by atoms with van der Waals surface area (Å²) < 4.78 is 0. The molecule has 0 aliphatic rings. The third-order valence-electron chi connectivity index (χ3n) is 0.703. The molecule has 0 spiro atoms. The van der Waals surface area contributed by atoms with Crippen molar-refractivity contribution in [2.24, 2.45) is 10.2 Å². The molecule has 0 radical (unpaired) electrons. The fourth-order valence-corrected chi connectivity index (χ4v) is 0.220. The topological polar surface area (TPSA) is 24.7 Å². The van der Waals surface area contributed by atoms with E-state index in [1.807, 2.05) is 20.8 Å². The van der Waals surface area contributed by atoms with Gasteiger partial charge in [0.15, 0.2) is 0 Å². The summed E-state index contributed by atoms with van der Waals surface area (Å²) in [6.07, 6.45) is 1.67. The average molecular weight is 124 g/mol. The monoisotopic (exact) mass is 124 g/mol. The van der Waals surface area contributed by atoms with Gasteiger partial charge in [-0.3, -0.25) is 0 Å². The molecule has 50 valence electrons. The Morgan fingerprint density at radius 1 is 1.22 bits per heavy atom. The molecule has 0 aliphatic heterocycles. The van der Waals surface area contributed by atoms with E-state index in [0.717, 1.165) is 11.4 Å². The average Bonchev–Trinajstić information content (AvgIpc) is 1.83. The fraction of sp³-hybridized carbons (Fsp3) is 0.429. The first-order chi connectivity index (χ1) is 4.16. The van der Waals surface area contributed by atoms with Gasteiger partial charge in [-0.05, 0) is 26.8 Å². The van der Waals surface area contributed by atoms with E-state index in [1.54, 1.807) is 6.08 Å². The summed E-state index contributed by atoms with van der Waals surface area (Å²) in [5, 5.41) is 7.66. The Morgan fingerprint density at radius 2 is 1.78 bits per heavy atom. The van der Waals surface area contributed by atoms with Crippen LogP contribution in [0.15, 0.2) is 22.9 Å². The molecule has 0 atom stereocenters. The van der Waals surface area contributed by atoms with Crippen molar-refractivity contribution in [3.63, 3.8) is 0 Å². The maximum atomic E-state index is 3.83. The Labute approximate surface area is 56.0 Å². The third-order valence-corrected chi connectivity index (χ3v) is 0.703. The van der Waals surface area contributed by atoms with Crippen LogP contribution in [0.5, 0.6) is 0 Å². The zero-order valence-corrected chi connectivity index (χ0v) is 6.18. The van der Waals surface area contributed by atoms with E-state index >= 15 is 0 Å². The molecule has 0 unspecified atom stereocenters. The molecule has 0 saturated carbocycles. The first kappa shape index (κ1) is 8.08. The lowest BCUT2D eigenvalue weighted by molar-refractivity contribution is 1.22. The lowest BCUT2D eigenvalue weighted by Crippen LogP contribution is -1.83. The van der Waals surface area contributed by atoms with Crippen LogP contribution in [-0.2, 0) is 0 Å². The molecule has 2 heteroatoms. The zero-order valence-electron chi connectivity index (χ0n) is 6.18. The van der Waals surface area contributed by atoms with Crippen LogP contribution in [0.4, 0.5) is 0 Å². The van der Waals surface area contributed by atoms with Gasteiger partial charge in [-0.2, -0.15) is 10.2 Å². The van der Waals surface area contributed by atoms with Gasteiger partial charge in [-0.15, -0.1) is 0 Å². The lowest BCUT2D eigenvalue weighted by Gasteiger charge is -1.84.